The van der Waals surface area contributed by atoms with Crippen LogP contribution < -0.4 is 5.32 Å². The summed E-state index contributed by atoms with van der Waals surface area (Å²) in [6.45, 7) is 8.49. The van der Waals surface area contributed by atoms with Crippen LogP contribution in [0.1, 0.15) is 70.0 Å². The molecule has 41 heavy (non-hydrogen) atoms. The number of aromatic nitrogens is 1. The third kappa shape index (κ3) is 6.84. The molecule has 0 bridgehead atoms. The lowest BCUT2D eigenvalue weighted by Gasteiger charge is -2.42. The summed E-state index contributed by atoms with van der Waals surface area (Å²) in [5.74, 6) is 0.146. The van der Waals surface area contributed by atoms with Gasteiger partial charge in [0, 0.05) is 67.9 Å². The first-order valence-electron chi connectivity index (χ1n) is 15.2. The number of nitrogens with one attached hydrogen (secondary N) is 2. The van der Waals surface area contributed by atoms with Gasteiger partial charge in [0.2, 0.25) is 11.8 Å². The number of methoxy groups -OCH3 is 1. The van der Waals surface area contributed by atoms with Crippen molar-refractivity contribution in [3.63, 3.8) is 0 Å². The van der Waals surface area contributed by atoms with E-state index in [9.17, 15) is 9.59 Å². The third-order valence-corrected chi connectivity index (χ3v) is 8.55. The number of amides is 2. The van der Waals surface area contributed by atoms with Crippen LogP contribution in [-0.4, -0.2) is 65.5 Å². The van der Waals surface area contributed by atoms with Crippen LogP contribution >= 0.6 is 0 Å². The topological polar surface area (TPSA) is 77.7 Å². The molecule has 1 aliphatic heterocycles. The number of hydrogen-bond acceptors (Lipinski definition) is 4. The van der Waals surface area contributed by atoms with Gasteiger partial charge in [0.05, 0.1) is 12.0 Å². The van der Waals surface area contributed by atoms with Crippen molar-refractivity contribution in [1.82, 2.24) is 20.1 Å². The van der Waals surface area contributed by atoms with E-state index in [1.165, 1.54) is 10.9 Å². The summed E-state index contributed by atoms with van der Waals surface area (Å²) in [4.78, 5) is 35.9. The fourth-order valence-electron chi connectivity index (χ4n) is 6.31. The lowest BCUT2D eigenvalue weighted by Crippen LogP contribution is -2.56. The molecule has 2 fully saturated rings. The van der Waals surface area contributed by atoms with Crippen molar-refractivity contribution >= 4 is 22.7 Å². The molecule has 1 aliphatic carbocycles. The van der Waals surface area contributed by atoms with Crippen LogP contribution in [0.4, 0.5) is 0 Å². The molecule has 1 saturated carbocycles. The summed E-state index contributed by atoms with van der Waals surface area (Å²) < 4.78 is 5.41. The zero-order valence-electron chi connectivity index (χ0n) is 25.1. The maximum absolute atomic E-state index is 14.5. The molecule has 2 N–H and O–H groups in total. The van der Waals surface area contributed by atoms with E-state index in [2.05, 4.69) is 51.7 Å². The number of piperidine rings is 1. The predicted octanol–water partition coefficient (Wildman–Crippen LogP) is 5.68. The van der Waals surface area contributed by atoms with Crippen LogP contribution in [0.15, 0.2) is 60.8 Å². The van der Waals surface area contributed by atoms with Crippen molar-refractivity contribution in [2.24, 2.45) is 11.3 Å². The third-order valence-electron chi connectivity index (χ3n) is 8.55. The molecule has 2 amide bonds. The Morgan fingerprint density at radius 3 is 2.44 bits per heavy atom. The second-order valence-electron chi connectivity index (χ2n) is 12.8. The van der Waals surface area contributed by atoms with E-state index in [-0.39, 0.29) is 35.9 Å². The van der Waals surface area contributed by atoms with Gasteiger partial charge < -0.3 is 24.8 Å². The summed E-state index contributed by atoms with van der Waals surface area (Å²) in [5, 5.41) is 4.72. The van der Waals surface area contributed by atoms with Crippen LogP contribution in [0.5, 0.6) is 0 Å². The van der Waals surface area contributed by atoms with Gasteiger partial charge in [-0.25, -0.2) is 0 Å². The van der Waals surface area contributed by atoms with Gasteiger partial charge in [-0.3, -0.25) is 9.59 Å². The fourth-order valence-corrected chi connectivity index (χ4v) is 6.31. The Bertz CT molecular complexity index is 1310. The van der Waals surface area contributed by atoms with Gasteiger partial charge in [-0.15, -0.1) is 0 Å². The highest BCUT2D eigenvalue weighted by Gasteiger charge is 2.43. The van der Waals surface area contributed by atoms with Crippen LogP contribution in [0.25, 0.3) is 10.9 Å². The maximum atomic E-state index is 14.5. The van der Waals surface area contributed by atoms with Crippen molar-refractivity contribution in [2.45, 2.75) is 77.5 Å². The highest BCUT2D eigenvalue weighted by molar-refractivity contribution is 5.86. The monoisotopic (exact) mass is 558 g/mol. The van der Waals surface area contributed by atoms with Gasteiger partial charge in [0.1, 0.15) is 0 Å². The molecule has 7 heteroatoms. The number of fused-ring (bicyclic) bond motifs is 1. The largest absolute Gasteiger partial charge is 0.385 e. The van der Waals surface area contributed by atoms with Crippen LogP contribution in [0.3, 0.4) is 0 Å². The number of hydrogen-bond donors (Lipinski definition) is 2. The molecule has 1 saturated heterocycles. The van der Waals surface area contributed by atoms with Crippen LogP contribution in [0.2, 0.25) is 0 Å². The Hall–Kier alpha value is -3.16. The molecule has 7 nitrogen and oxygen atoms in total. The number of aromatic amines is 1. The average Bonchev–Trinajstić information content (AvgIpc) is 3.72. The van der Waals surface area contributed by atoms with Crippen molar-refractivity contribution in [3.8, 4) is 0 Å². The van der Waals surface area contributed by atoms with Gasteiger partial charge in [0.15, 0.2) is 0 Å². The summed E-state index contributed by atoms with van der Waals surface area (Å²) in [6.07, 6.45) is 6.58. The summed E-state index contributed by atoms with van der Waals surface area (Å²) in [7, 11) is 1.73. The van der Waals surface area contributed by atoms with Gasteiger partial charge >= 0.3 is 0 Å². The average molecular weight is 559 g/mol. The number of nitrogens with zero attached hydrogens (tertiary/aromatic N) is 2. The minimum absolute atomic E-state index is 0.0155. The molecule has 0 spiro atoms. The molecular weight excluding hydrogens is 512 g/mol. The minimum atomic E-state index is -0.506. The number of rotatable bonds is 11. The molecule has 2 heterocycles. The molecule has 3 atom stereocenters. The molecule has 3 aromatic rings. The van der Waals surface area contributed by atoms with Gasteiger partial charge in [0.25, 0.3) is 0 Å². The summed E-state index contributed by atoms with van der Waals surface area (Å²) >= 11 is 0. The number of H-pyrrole nitrogens is 1. The van der Waals surface area contributed by atoms with Crippen LogP contribution in [0, 0.1) is 11.3 Å². The van der Waals surface area contributed by atoms with E-state index in [1.807, 2.05) is 49.9 Å². The second kappa shape index (κ2) is 12.8. The first kappa shape index (κ1) is 29.3. The molecule has 1 unspecified atom stereocenters. The van der Waals surface area contributed by atoms with Crippen molar-refractivity contribution in [3.05, 3.63) is 71.9 Å². The van der Waals surface area contributed by atoms with Gasteiger partial charge in [-0.05, 0) is 49.3 Å². The fraction of sp³-hybridized carbons (Fsp3) is 0.529. The molecular formula is C34H46N4O3. The standard InChI is InChI=1S/C34H46N4O3/c1-34(2,3)33(40)37(23-24-11-6-5-7-12-24)27-19-25(20-35-21-27)32(39)38(26-16-17-26)31(15-10-18-41-4)29-22-36-30-14-9-8-13-28(29)30/h5-9,11-14,22,25-27,31,35-36H,10,15-21,23H2,1-4H3/t25-,27+,31?/m1/s1. The zero-order chi connectivity index (χ0) is 29.0. The number of para-hydroxylation sites is 1. The Morgan fingerprint density at radius 2 is 1.73 bits per heavy atom. The van der Waals surface area contributed by atoms with Crippen molar-refractivity contribution < 1.29 is 14.3 Å². The predicted molar refractivity (Wildman–Crippen MR) is 163 cm³/mol. The number of ether oxygens (including phenoxy) is 1. The molecule has 220 valence electrons. The maximum Gasteiger partial charge on any atom is 0.228 e. The van der Waals surface area contributed by atoms with E-state index >= 15 is 0 Å². The number of carbonyl (C=O) groups is 2. The van der Waals surface area contributed by atoms with E-state index in [0.29, 0.717) is 32.7 Å². The zero-order valence-corrected chi connectivity index (χ0v) is 25.1. The normalized spacial score (nSPS) is 20.1. The Labute approximate surface area is 244 Å². The van der Waals surface area contributed by atoms with E-state index < -0.39 is 5.41 Å². The number of carbonyl (C=O) groups excluding carboxylic acids is 2. The second-order valence-corrected chi connectivity index (χ2v) is 12.8. The SMILES string of the molecule is COCCCC(c1c[nH]c2ccccc12)N(C(=O)[C@H]1CNC[C@@H](N(Cc2ccccc2)C(=O)C(C)(C)C)C1)C1CC1. The molecule has 2 aromatic carbocycles. The van der Waals surface area contributed by atoms with Gasteiger partial charge in [-0.1, -0.05) is 69.3 Å². The van der Waals surface area contributed by atoms with Crippen molar-refractivity contribution in [2.75, 3.05) is 26.8 Å². The Kier molecular flexibility index (Phi) is 9.15. The van der Waals surface area contributed by atoms with Gasteiger partial charge in [-0.2, -0.15) is 0 Å². The molecule has 1 aromatic heterocycles. The molecule has 5 rings (SSSR count). The first-order valence-corrected chi connectivity index (χ1v) is 15.2. The minimum Gasteiger partial charge on any atom is -0.385 e. The van der Waals surface area contributed by atoms with Crippen molar-refractivity contribution in [1.29, 1.82) is 0 Å². The molecule has 0 radical (unpaired) electrons. The van der Waals surface area contributed by atoms with E-state index in [0.717, 1.165) is 36.8 Å². The quantitative estimate of drug-likeness (QED) is 0.297. The first-order chi connectivity index (χ1) is 19.8. The lowest BCUT2D eigenvalue weighted by atomic mass is 9.88. The van der Waals surface area contributed by atoms with Crippen LogP contribution in [-0.2, 0) is 20.9 Å². The molecule has 2 aliphatic rings. The Morgan fingerprint density at radius 1 is 1.00 bits per heavy atom. The van der Waals surface area contributed by atoms with E-state index in [4.69, 9.17) is 4.74 Å². The number of benzene rings is 2. The summed E-state index contributed by atoms with van der Waals surface area (Å²) in [6, 6.07) is 18.7. The Balaban J connectivity index is 1.41. The highest BCUT2D eigenvalue weighted by Crippen LogP contribution is 2.41. The lowest BCUT2D eigenvalue weighted by molar-refractivity contribution is -0.147. The smallest absolute Gasteiger partial charge is 0.228 e. The van der Waals surface area contributed by atoms with E-state index in [1.54, 1.807) is 7.11 Å². The highest BCUT2D eigenvalue weighted by atomic mass is 16.5. The summed E-state index contributed by atoms with van der Waals surface area (Å²) in [5.41, 5.74) is 2.88.